The average Bonchev–Trinajstić information content (AvgIpc) is 3.07. The lowest BCUT2D eigenvalue weighted by atomic mass is 10.1. The molecule has 1 atom stereocenters. The summed E-state index contributed by atoms with van der Waals surface area (Å²) >= 11 is 0. The lowest BCUT2D eigenvalue weighted by Crippen LogP contribution is -2.30. The van der Waals surface area contributed by atoms with Gasteiger partial charge in [0.2, 0.25) is 0 Å². The number of nitrogens with zero attached hydrogens (tertiary/aromatic N) is 2. The standard InChI is InChI=1S/C22H22N4O5/c1-12-5-10-18(26(29)30)11-19(12)25-21(27)15(4)31-22(28)17-8-6-16(7-9-17)20-23-13(2)14(3)24-20/h5-11,15H,1-4H3,(H,23,24)(H,25,27). The largest absolute Gasteiger partial charge is 0.449 e. The molecule has 0 saturated carbocycles. The lowest BCUT2D eigenvalue weighted by molar-refractivity contribution is -0.384. The summed E-state index contributed by atoms with van der Waals surface area (Å²) in [6.45, 7) is 6.98. The molecule has 31 heavy (non-hydrogen) atoms. The van der Waals surface area contributed by atoms with Gasteiger partial charge in [0.05, 0.1) is 21.9 Å². The van der Waals surface area contributed by atoms with Crippen molar-refractivity contribution in [2.24, 2.45) is 0 Å². The van der Waals surface area contributed by atoms with Crippen molar-refractivity contribution in [1.29, 1.82) is 0 Å². The fourth-order valence-electron chi connectivity index (χ4n) is 2.82. The first-order valence-corrected chi connectivity index (χ1v) is 9.56. The van der Waals surface area contributed by atoms with Crippen LogP contribution in [0.15, 0.2) is 42.5 Å². The Hall–Kier alpha value is -4.01. The van der Waals surface area contributed by atoms with Gasteiger partial charge in [0.15, 0.2) is 6.10 Å². The second kappa shape index (κ2) is 8.78. The second-order valence-electron chi connectivity index (χ2n) is 7.17. The molecule has 0 aliphatic carbocycles. The Balaban J connectivity index is 1.65. The van der Waals surface area contributed by atoms with Crippen LogP contribution in [0.5, 0.6) is 0 Å². The Bertz CT molecular complexity index is 1130. The smallest absolute Gasteiger partial charge is 0.338 e. The molecule has 0 saturated heterocycles. The quantitative estimate of drug-likeness (QED) is 0.350. The minimum atomic E-state index is -1.10. The van der Waals surface area contributed by atoms with Crippen LogP contribution in [0.2, 0.25) is 0 Å². The van der Waals surface area contributed by atoms with Crippen LogP contribution in [0.4, 0.5) is 11.4 Å². The van der Waals surface area contributed by atoms with Crippen molar-refractivity contribution in [3.05, 3.63) is 75.1 Å². The number of nitrogens with one attached hydrogen (secondary N) is 2. The predicted molar refractivity (Wildman–Crippen MR) is 115 cm³/mol. The van der Waals surface area contributed by atoms with Gasteiger partial charge in [-0.05, 0) is 45.4 Å². The van der Waals surface area contributed by atoms with E-state index in [1.165, 1.54) is 25.1 Å². The fourth-order valence-corrected chi connectivity index (χ4v) is 2.82. The zero-order valence-corrected chi connectivity index (χ0v) is 17.6. The number of nitro groups is 1. The van der Waals surface area contributed by atoms with Crippen molar-refractivity contribution in [3.63, 3.8) is 0 Å². The van der Waals surface area contributed by atoms with Crippen LogP contribution in [-0.2, 0) is 9.53 Å². The maximum Gasteiger partial charge on any atom is 0.338 e. The van der Waals surface area contributed by atoms with Crippen LogP contribution in [0, 0.1) is 30.9 Å². The van der Waals surface area contributed by atoms with Gasteiger partial charge in [-0.1, -0.05) is 18.2 Å². The summed E-state index contributed by atoms with van der Waals surface area (Å²) in [6.07, 6.45) is -1.10. The molecule has 3 rings (SSSR count). The van der Waals surface area contributed by atoms with E-state index in [2.05, 4.69) is 15.3 Å². The average molecular weight is 422 g/mol. The number of aromatic nitrogens is 2. The molecule has 1 amide bonds. The van der Waals surface area contributed by atoms with E-state index in [1.807, 2.05) is 13.8 Å². The van der Waals surface area contributed by atoms with Crippen molar-refractivity contribution in [3.8, 4) is 11.4 Å². The highest BCUT2D eigenvalue weighted by Gasteiger charge is 2.21. The van der Waals surface area contributed by atoms with E-state index < -0.39 is 22.9 Å². The molecule has 0 spiro atoms. The topological polar surface area (TPSA) is 127 Å². The Morgan fingerprint density at radius 3 is 2.39 bits per heavy atom. The summed E-state index contributed by atoms with van der Waals surface area (Å²) in [7, 11) is 0. The number of benzene rings is 2. The number of carbonyl (C=O) groups is 2. The molecular weight excluding hydrogens is 400 g/mol. The molecule has 0 radical (unpaired) electrons. The Kier molecular flexibility index (Phi) is 6.15. The molecular formula is C22H22N4O5. The molecule has 3 aromatic rings. The van der Waals surface area contributed by atoms with Crippen LogP contribution in [0.3, 0.4) is 0 Å². The number of esters is 1. The van der Waals surface area contributed by atoms with Gasteiger partial charge < -0.3 is 15.0 Å². The highest BCUT2D eigenvalue weighted by atomic mass is 16.6. The van der Waals surface area contributed by atoms with E-state index in [1.54, 1.807) is 31.2 Å². The number of ether oxygens (including phenoxy) is 1. The highest BCUT2D eigenvalue weighted by Crippen LogP contribution is 2.22. The highest BCUT2D eigenvalue weighted by molar-refractivity contribution is 5.98. The Morgan fingerprint density at radius 2 is 1.81 bits per heavy atom. The third-order valence-electron chi connectivity index (χ3n) is 4.87. The van der Waals surface area contributed by atoms with Gasteiger partial charge in [0, 0.05) is 23.4 Å². The van der Waals surface area contributed by atoms with Gasteiger partial charge in [0.25, 0.3) is 11.6 Å². The number of hydrogen-bond acceptors (Lipinski definition) is 6. The maximum atomic E-state index is 12.4. The number of non-ortho nitro benzene ring substituents is 1. The van der Waals surface area contributed by atoms with Crippen LogP contribution in [0.25, 0.3) is 11.4 Å². The number of rotatable bonds is 6. The molecule has 2 aromatic carbocycles. The molecule has 1 heterocycles. The molecule has 0 bridgehead atoms. The number of anilines is 1. The molecule has 9 heteroatoms. The number of amides is 1. The Labute approximate surface area is 178 Å². The first-order valence-electron chi connectivity index (χ1n) is 9.56. The SMILES string of the molecule is Cc1ccc([N+](=O)[O-])cc1NC(=O)C(C)OC(=O)c1ccc(-c2nc(C)c(C)[nH]2)cc1. The van der Waals surface area contributed by atoms with Crippen LogP contribution < -0.4 is 5.32 Å². The summed E-state index contributed by atoms with van der Waals surface area (Å²) in [5, 5.41) is 13.5. The van der Waals surface area contributed by atoms with Crippen molar-refractivity contribution < 1.29 is 19.2 Å². The molecule has 1 aromatic heterocycles. The monoisotopic (exact) mass is 422 g/mol. The van der Waals surface area contributed by atoms with Gasteiger partial charge in [-0.15, -0.1) is 0 Å². The minimum absolute atomic E-state index is 0.146. The van der Waals surface area contributed by atoms with E-state index in [9.17, 15) is 19.7 Å². The van der Waals surface area contributed by atoms with Gasteiger partial charge in [-0.3, -0.25) is 14.9 Å². The minimum Gasteiger partial charge on any atom is -0.449 e. The molecule has 2 N–H and O–H groups in total. The Morgan fingerprint density at radius 1 is 1.13 bits per heavy atom. The third-order valence-corrected chi connectivity index (χ3v) is 4.87. The van der Waals surface area contributed by atoms with Gasteiger partial charge >= 0.3 is 5.97 Å². The van der Waals surface area contributed by atoms with E-state index in [-0.39, 0.29) is 16.9 Å². The van der Waals surface area contributed by atoms with E-state index >= 15 is 0 Å². The summed E-state index contributed by atoms with van der Waals surface area (Å²) in [5.74, 6) is -0.540. The van der Waals surface area contributed by atoms with Crippen molar-refractivity contribution in [1.82, 2.24) is 9.97 Å². The zero-order valence-electron chi connectivity index (χ0n) is 17.6. The van der Waals surface area contributed by atoms with Crippen molar-refractivity contribution in [2.45, 2.75) is 33.8 Å². The molecule has 0 aliphatic rings. The number of carbonyl (C=O) groups excluding carboxylic acids is 2. The second-order valence-corrected chi connectivity index (χ2v) is 7.17. The molecule has 1 unspecified atom stereocenters. The van der Waals surface area contributed by atoms with Crippen molar-refractivity contribution >= 4 is 23.3 Å². The van der Waals surface area contributed by atoms with Crippen LogP contribution in [0.1, 0.15) is 34.2 Å². The van der Waals surface area contributed by atoms with E-state index in [0.717, 1.165) is 17.0 Å². The summed E-state index contributed by atoms with van der Waals surface area (Å²) in [5.41, 5.74) is 3.77. The van der Waals surface area contributed by atoms with E-state index in [0.29, 0.717) is 11.4 Å². The third kappa shape index (κ3) is 4.95. The first-order chi connectivity index (χ1) is 14.7. The predicted octanol–water partition coefficient (Wildman–Crippen LogP) is 4.09. The number of aromatic amines is 1. The molecule has 160 valence electrons. The number of hydrogen-bond donors (Lipinski definition) is 2. The zero-order chi connectivity index (χ0) is 22.7. The molecule has 9 nitrogen and oxygen atoms in total. The lowest BCUT2D eigenvalue weighted by Gasteiger charge is -2.14. The van der Waals surface area contributed by atoms with Crippen LogP contribution >= 0.6 is 0 Å². The fraction of sp³-hybridized carbons (Fsp3) is 0.227. The van der Waals surface area contributed by atoms with Gasteiger partial charge in [0.1, 0.15) is 5.82 Å². The van der Waals surface area contributed by atoms with Crippen molar-refractivity contribution in [2.75, 3.05) is 5.32 Å². The molecule has 0 fully saturated rings. The first kappa shape index (κ1) is 21.7. The maximum absolute atomic E-state index is 12.4. The molecule has 0 aliphatic heterocycles. The van der Waals surface area contributed by atoms with Gasteiger partial charge in [-0.2, -0.15) is 0 Å². The summed E-state index contributed by atoms with van der Waals surface area (Å²) in [4.78, 5) is 42.8. The number of H-pyrrole nitrogens is 1. The summed E-state index contributed by atoms with van der Waals surface area (Å²) in [6, 6.07) is 10.8. The number of nitro benzene ring substituents is 1. The number of aryl methyl sites for hydroxylation is 3. The van der Waals surface area contributed by atoms with Crippen LogP contribution in [-0.4, -0.2) is 32.9 Å². The van der Waals surface area contributed by atoms with E-state index in [4.69, 9.17) is 4.74 Å². The van der Waals surface area contributed by atoms with Gasteiger partial charge in [-0.25, -0.2) is 9.78 Å². The number of imidazole rings is 1. The summed E-state index contributed by atoms with van der Waals surface area (Å²) < 4.78 is 5.25. The normalized spacial score (nSPS) is 11.6.